The number of aliphatic hydroxyl groups excluding tert-OH is 2. The number of hydrogen-bond acceptors (Lipinski definition) is 8. The third-order valence-electron chi connectivity index (χ3n) is 6.67. The summed E-state index contributed by atoms with van der Waals surface area (Å²) in [6.07, 6.45) is 7.30. The van der Waals surface area contributed by atoms with Crippen molar-refractivity contribution in [3.05, 3.63) is 41.8 Å². The van der Waals surface area contributed by atoms with Crippen LogP contribution in [-0.2, 0) is 0 Å². The van der Waals surface area contributed by atoms with Crippen LogP contribution in [0.1, 0.15) is 25.3 Å². The molecule has 6 rings (SSSR count). The predicted molar refractivity (Wildman–Crippen MR) is 134 cm³/mol. The zero-order valence-electron chi connectivity index (χ0n) is 19.4. The molecule has 1 saturated heterocycles. The van der Waals surface area contributed by atoms with Crippen LogP contribution in [-0.4, -0.2) is 74.4 Å². The van der Waals surface area contributed by atoms with E-state index in [4.69, 9.17) is 26.4 Å². The minimum Gasteiger partial charge on any atom is -0.475 e. The van der Waals surface area contributed by atoms with Gasteiger partial charge in [-0.25, -0.2) is 14.8 Å². The molecule has 188 valence electrons. The van der Waals surface area contributed by atoms with Crippen molar-refractivity contribution < 1.29 is 19.7 Å². The molecule has 1 unspecified atom stereocenters. The van der Waals surface area contributed by atoms with E-state index in [9.17, 15) is 9.90 Å². The molecule has 2 aliphatic heterocycles. The van der Waals surface area contributed by atoms with Crippen LogP contribution in [0, 0.1) is 0 Å². The van der Waals surface area contributed by atoms with E-state index >= 15 is 0 Å². The Morgan fingerprint density at radius 3 is 2.94 bits per heavy atom. The molecule has 1 aliphatic carbocycles. The summed E-state index contributed by atoms with van der Waals surface area (Å²) in [5.41, 5.74) is 2.75. The number of hydrogen-bond donors (Lipinski definition) is 3. The molecule has 2 atom stereocenters. The smallest absolute Gasteiger partial charge is 0.327 e. The number of urea groups is 1. The van der Waals surface area contributed by atoms with Gasteiger partial charge in [0.1, 0.15) is 12.7 Å². The second-order valence-electron chi connectivity index (χ2n) is 9.32. The number of ether oxygens (including phenoxy) is 1. The number of carbonyl (C=O) groups excluding carboxylic acids is 1. The lowest BCUT2D eigenvalue weighted by Crippen LogP contribution is -2.48. The van der Waals surface area contributed by atoms with Crippen molar-refractivity contribution in [1.29, 1.82) is 0 Å². The summed E-state index contributed by atoms with van der Waals surface area (Å²) in [6.45, 7) is 1.01. The topological polar surface area (TPSA) is 129 Å². The summed E-state index contributed by atoms with van der Waals surface area (Å²) >= 11 is 6.67. The van der Waals surface area contributed by atoms with E-state index in [2.05, 4.69) is 20.3 Å². The van der Waals surface area contributed by atoms with Gasteiger partial charge in [-0.2, -0.15) is 5.10 Å². The van der Waals surface area contributed by atoms with Crippen molar-refractivity contribution in [3.8, 4) is 17.1 Å². The number of carbonyl (C=O) groups is 1. The van der Waals surface area contributed by atoms with Crippen molar-refractivity contribution in [2.45, 2.75) is 37.5 Å². The van der Waals surface area contributed by atoms with Crippen LogP contribution in [0.5, 0.6) is 5.88 Å². The van der Waals surface area contributed by atoms with Crippen molar-refractivity contribution in [2.24, 2.45) is 0 Å². The molecule has 3 aromatic heterocycles. The van der Waals surface area contributed by atoms with E-state index < -0.39 is 12.7 Å². The molecule has 0 aromatic carbocycles. The number of anilines is 3. The summed E-state index contributed by atoms with van der Waals surface area (Å²) in [6, 6.07) is 5.23. The molecule has 36 heavy (non-hydrogen) atoms. The largest absolute Gasteiger partial charge is 0.475 e. The van der Waals surface area contributed by atoms with Crippen molar-refractivity contribution in [2.75, 3.05) is 41.4 Å². The first-order valence-corrected chi connectivity index (χ1v) is 12.4. The van der Waals surface area contributed by atoms with Crippen LogP contribution in [0.2, 0.25) is 5.02 Å². The first-order valence-electron chi connectivity index (χ1n) is 12.0. The monoisotopic (exact) mass is 511 g/mol. The number of aromatic nitrogens is 4. The zero-order valence-corrected chi connectivity index (χ0v) is 20.2. The summed E-state index contributed by atoms with van der Waals surface area (Å²) in [4.78, 5) is 26.4. The summed E-state index contributed by atoms with van der Waals surface area (Å²) in [7, 11) is 0. The van der Waals surface area contributed by atoms with Crippen LogP contribution in [0.3, 0.4) is 0 Å². The molecule has 3 aliphatic rings. The Kier molecular flexibility index (Phi) is 5.90. The van der Waals surface area contributed by atoms with Crippen LogP contribution < -0.4 is 19.9 Å². The maximum Gasteiger partial charge on any atom is 0.327 e. The second-order valence-corrected chi connectivity index (χ2v) is 9.73. The number of amides is 2. The molecule has 0 radical (unpaired) electrons. The average molecular weight is 512 g/mol. The average Bonchev–Trinajstić information content (AvgIpc) is 3.46. The molecule has 2 bridgehead atoms. The van der Waals surface area contributed by atoms with E-state index in [1.807, 2.05) is 16.9 Å². The molecule has 2 fully saturated rings. The van der Waals surface area contributed by atoms with Crippen molar-refractivity contribution in [3.63, 3.8) is 0 Å². The lowest BCUT2D eigenvalue weighted by Gasteiger charge is -2.36. The maximum atomic E-state index is 13.5. The third kappa shape index (κ3) is 4.34. The summed E-state index contributed by atoms with van der Waals surface area (Å²) in [5.74, 6) is 0.794. The van der Waals surface area contributed by atoms with E-state index in [1.165, 1.54) is 6.20 Å². The molecule has 3 aromatic rings. The van der Waals surface area contributed by atoms with Gasteiger partial charge in [0.05, 0.1) is 41.3 Å². The van der Waals surface area contributed by atoms with Gasteiger partial charge in [-0.3, -0.25) is 9.58 Å². The zero-order chi connectivity index (χ0) is 24.8. The van der Waals surface area contributed by atoms with Gasteiger partial charge in [-0.15, -0.1) is 0 Å². The lowest BCUT2D eigenvalue weighted by atomic mass is 10.1. The molecule has 3 N–H and O–H groups in total. The molecule has 12 heteroatoms. The molecular weight excluding hydrogens is 486 g/mol. The predicted octanol–water partition coefficient (Wildman–Crippen LogP) is 2.69. The second kappa shape index (κ2) is 9.23. The highest BCUT2D eigenvalue weighted by Gasteiger charge is 2.41. The number of nitrogens with one attached hydrogen (secondary N) is 1. The number of fused-ring (bicyclic) bond motifs is 4. The maximum absolute atomic E-state index is 13.5. The number of aliphatic hydroxyl groups is 2. The van der Waals surface area contributed by atoms with Gasteiger partial charge in [-0.05, 0) is 31.4 Å². The normalized spacial score (nSPS) is 19.2. The highest BCUT2D eigenvalue weighted by atomic mass is 35.5. The molecule has 2 amide bonds. The van der Waals surface area contributed by atoms with Gasteiger partial charge < -0.3 is 25.2 Å². The van der Waals surface area contributed by atoms with Crippen LogP contribution in [0.4, 0.5) is 22.0 Å². The number of rotatable bonds is 7. The Balaban J connectivity index is 1.28. The van der Waals surface area contributed by atoms with E-state index in [-0.39, 0.29) is 24.6 Å². The van der Waals surface area contributed by atoms with E-state index in [0.717, 1.165) is 37.1 Å². The SMILES string of the molecule is O=C(Nc1ccnc(OCC(O)CO)c1)N1c2nc(-c3cnn(C4CC4)c3)c(Cl)cc2N2CC[C@H]1C2. The van der Waals surface area contributed by atoms with Crippen molar-refractivity contribution in [1.82, 2.24) is 19.7 Å². The van der Waals surface area contributed by atoms with Crippen LogP contribution in [0.15, 0.2) is 36.8 Å². The summed E-state index contributed by atoms with van der Waals surface area (Å²) in [5, 5.41) is 26.4. The highest BCUT2D eigenvalue weighted by molar-refractivity contribution is 6.33. The van der Waals surface area contributed by atoms with Crippen molar-refractivity contribution >= 4 is 34.8 Å². The highest BCUT2D eigenvalue weighted by Crippen LogP contribution is 2.43. The number of pyridine rings is 2. The fraction of sp³-hybridized carbons (Fsp3) is 0.417. The van der Waals surface area contributed by atoms with Gasteiger partial charge in [0.2, 0.25) is 5.88 Å². The molecule has 11 nitrogen and oxygen atoms in total. The van der Waals surface area contributed by atoms with Gasteiger partial charge in [0, 0.05) is 42.8 Å². The van der Waals surface area contributed by atoms with Gasteiger partial charge in [-0.1, -0.05) is 11.6 Å². The van der Waals surface area contributed by atoms with Crippen LogP contribution >= 0.6 is 11.6 Å². The summed E-state index contributed by atoms with van der Waals surface area (Å²) < 4.78 is 7.36. The Morgan fingerprint density at radius 2 is 2.14 bits per heavy atom. The first-order chi connectivity index (χ1) is 17.5. The number of halogens is 1. The minimum absolute atomic E-state index is 0.0227. The third-order valence-corrected chi connectivity index (χ3v) is 6.96. The first kappa shape index (κ1) is 23.0. The Labute approximate surface area is 212 Å². The Hall–Kier alpha value is -3.41. The quantitative estimate of drug-likeness (QED) is 0.441. The number of nitrogens with zero attached hydrogens (tertiary/aromatic N) is 6. The van der Waals surface area contributed by atoms with Gasteiger partial charge in [0.25, 0.3) is 0 Å². The molecule has 5 heterocycles. The molecular formula is C24H26ClN7O4. The molecule has 1 saturated carbocycles. The van der Waals surface area contributed by atoms with Gasteiger partial charge in [0.15, 0.2) is 5.82 Å². The van der Waals surface area contributed by atoms with Gasteiger partial charge >= 0.3 is 6.03 Å². The lowest BCUT2D eigenvalue weighted by molar-refractivity contribution is 0.0521. The van der Waals surface area contributed by atoms with Crippen LogP contribution in [0.25, 0.3) is 11.3 Å². The standard InChI is InChI=1S/C24H26ClN7O4/c25-19-8-20-23(29-22(19)14-9-27-31(10-14)16-1-2-16)32(17-4-6-30(20)11-17)24(35)28-15-3-5-26-21(7-15)36-13-18(34)12-33/h3,5,7-10,16-18,33-34H,1-2,4,6,11-13H2,(H,26,28,35)/t17-,18?/m0/s1. The Bertz CT molecular complexity index is 1300. The molecule has 0 spiro atoms. The minimum atomic E-state index is -1.01. The Morgan fingerprint density at radius 1 is 1.28 bits per heavy atom. The van der Waals surface area contributed by atoms with E-state index in [1.54, 1.807) is 23.2 Å². The fourth-order valence-corrected chi connectivity index (χ4v) is 4.93. The van der Waals surface area contributed by atoms with E-state index in [0.29, 0.717) is 34.8 Å². The fourth-order valence-electron chi connectivity index (χ4n) is 4.67.